The number of hydrogen-bond donors (Lipinski definition) is 1. The number of aromatic nitrogens is 2. The van der Waals surface area contributed by atoms with Gasteiger partial charge in [-0.1, -0.05) is 33.6 Å². The number of imidazole rings is 1. The summed E-state index contributed by atoms with van der Waals surface area (Å²) >= 11 is 0. The summed E-state index contributed by atoms with van der Waals surface area (Å²) in [6.07, 6.45) is 10.1. The van der Waals surface area contributed by atoms with Crippen LogP contribution in [0.1, 0.15) is 70.7 Å². The Kier molecular flexibility index (Phi) is 3.57. The average molecular weight is 235 g/mol. The van der Waals surface area contributed by atoms with E-state index < -0.39 is 0 Å². The molecule has 2 N–H and O–H groups in total. The van der Waals surface area contributed by atoms with Crippen LogP contribution in [0.4, 0.5) is 0 Å². The average Bonchev–Trinajstić information content (AvgIpc) is 2.76. The zero-order chi connectivity index (χ0) is 12.5. The molecule has 0 aromatic carbocycles. The summed E-state index contributed by atoms with van der Waals surface area (Å²) in [5, 5.41) is 0. The first-order chi connectivity index (χ1) is 8.06. The van der Waals surface area contributed by atoms with Gasteiger partial charge in [0.25, 0.3) is 0 Å². The van der Waals surface area contributed by atoms with Crippen molar-refractivity contribution in [2.45, 2.75) is 65.0 Å². The van der Waals surface area contributed by atoms with Crippen molar-refractivity contribution in [1.82, 2.24) is 9.55 Å². The van der Waals surface area contributed by atoms with Gasteiger partial charge < -0.3 is 10.3 Å². The number of rotatable bonds is 3. The minimum Gasteiger partial charge on any atom is -0.330 e. The summed E-state index contributed by atoms with van der Waals surface area (Å²) in [6.45, 7) is 6.88. The Balaban J connectivity index is 2.29. The van der Waals surface area contributed by atoms with Crippen LogP contribution >= 0.6 is 0 Å². The van der Waals surface area contributed by atoms with E-state index in [-0.39, 0.29) is 6.04 Å². The number of nitrogens with two attached hydrogens (primary N) is 1. The van der Waals surface area contributed by atoms with Crippen molar-refractivity contribution in [2.75, 3.05) is 0 Å². The Morgan fingerprint density at radius 3 is 2.94 bits per heavy atom. The van der Waals surface area contributed by atoms with E-state index in [9.17, 15) is 0 Å². The minimum absolute atomic E-state index is 0.121. The molecule has 0 saturated heterocycles. The molecule has 0 aliphatic heterocycles. The van der Waals surface area contributed by atoms with E-state index in [2.05, 4.69) is 30.3 Å². The summed E-state index contributed by atoms with van der Waals surface area (Å²) in [6, 6.07) is 0.682. The minimum atomic E-state index is 0.121. The van der Waals surface area contributed by atoms with Crippen LogP contribution < -0.4 is 5.73 Å². The zero-order valence-electron chi connectivity index (χ0n) is 11.3. The molecular weight excluding hydrogens is 210 g/mol. The highest BCUT2D eigenvalue weighted by Crippen LogP contribution is 2.44. The van der Waals surface area contributed by atoms with Crippen molar-refractivity contribution < 1.29 is 0 Å². The van der Waals surface area contributed by atoms with Crippen LogP contribution in [-0.2, 0) is 0 Å². The quantitative estimate of drug-likeness (QED) is 0.872. The lowest BCUT2D eigenvalue weighted by molar-refractivity contribution is 0.140. The van der Waals surface area contributed by atoms with Crippen molar-refractivity contribution in [2.24, 2.45) is 11.1 Å². The van der Waals surface area contributed by atoms with E-state index in [1.165, 1.54) is 31.4 Å². The fourth-order valence-corrected chi connectivity index (χ4v) is 3.06. The maximum atomic E-state index is 6.17. The predicted octanol–water partition coefficient (Wildman–Crippen LogP) is 3.43. The predicted molar refractivity (Wildman–Crippen MR) is 70.7 cm³/mol. The molecule has 1 heterocycles. The Labute approximate surface area is 104 Å². The van der Waals surface area contributed by atoms with E-state index >= 15 is 0 Å². The maximum absolute atomic E-state index is 6.17. The van der Waals surface area contributed by atoms with Gasteiger partial charge in [-0.25, -0.2) is 4.98 Å². The highest BCUT2D eigenvalue weighted by atomic mass is 15.1. The van der Waals surface area contributed by atoms with E-state index in [1.807, 2.05) is 12.5 Å². The van der Waals surface area contributed by atoms with Crippen LogP contribution in [0, 0.1) is 5.41 Å². The van der Waals surface area contributed by atoms with Gasteiger partial charge in [0.15, 0.2) is 0 Å². The lowest BCUT2D eigenvalue weighted by Gasteiger charge is -2.40. The summed E-state index contributed by atoms with van der Waals surface area (Å²) in [5.74, 6) is 0. The molecule has 3 nitrogen and oxygen atoms in total. The topological polar surface area (TPSA) is 43.8 Å². The first-order valence-corrected chi connectivity index (χ1v) is 6.83. The van der Waals surface area contributed by atoms with Gasteiger partial charge in [-0.15, -0.1) is 0 Å². The van der Waals surface area contributed by atoms with Gasteiger partial charge in [0.1, 0.15) is 0 Å². The standard InChI is InChI=1S/C14H25N3/c1-4-11(15)12-9-16-10-17(12)13-7-5-6-8-14(13,2)3/h9-11,13H,4-8,15H2,1-3H3/t11-,13?/m1/s1. The fourth-order valence-electron chi connectivity index (χ4n) is 3.06. The summed E-state index contributed by atoms with van der Waals surface area (Å²) in [4.78, 5) is 4.31. The zero-order valence-corrected chi connectivity index (χ0v) is 11.3. The Hall–Kier alpha value is -0.830. The lowest BCUT2D eigenvalue weighted by atomic mass is 9.73. The smallest absolute Gasteiger partial charge is 0.0951 e. The van der Waals surface area contributed by atoms with E-state index in [0.717, 1.165) is 6.42 Å². The summed E-state index contributed by atoms with van der Waals surface area (Å²) in [7, 11) is 0. The molecule has 1 aromatic rings. The Bertz CT molecular complexity index is 367. The number of hydrogen-bond acceptors (Lipinski definition) is 2. The van der Waals surface area contributed by atoms with Gasteiger partial charge >= 0.3 is 0 Å². The van der Waals surface area contributed by atoms with Crippen molar-refractivity contribution in [3.05, 3.63) is 18.2 Å². The molecular formula is C14H25N3. The fraction of sp³-hybridized carbons (Fsp3) is 0.786. The molecule has 0 radical (unpaired) electrons. The highest BCUT2D eigenvalue weighted by molar-refractivity contribution is 5.08. The molecule has 1 aliphatic rings. The van der Waals surface area contributed by atoms with E-state index in [1.54, 1.807) is 0 Å². The molecule has 96 valence electrons. The molecule has 17 heavy (non-hydrogen) atoms. The van der Waals surface area contributed by atoms with Crippen LogP contribution in [0.15, 0.2) is 12.5 Å². The summed E-state index contributed by atoms with van der Waals surface area (Å²) < 4.78 is 2.34. The molecule has 1 fully saturated rings. The van der Waals surface area contributed by atoms with Gasteiger partial charge in [-0.3, -0.25) is 0 Å². The molecule has 1 aromatic heterocycles. The van der Waals surface area contributed by atoms with E-state index in [0.29, 0.717) is 11.5 Å². The molecule has 0 amide bonds. The third-order valence-corrected chi connectivity index (χ3v) is 4.30. The molecule has 2 rings (SSSR count). The van der Waals surface area contributed by atoms with Gasteiger partial charge in [0, 0.05) is 18.3 Å². The normalized spacial score (nSPS) is 25.8. The lowest BCUT2D eigenvalue weighted by Crippen LogP contribution is -2.32. The number of nitrogens with zero attached hydrogens (tertiary/aromatic N) is 2. The second kappa shape index (κ2) is 4.81. The first kappa shape index (κ1) is 12.6. The third kappa shape index (κ3) is 2.39. The monoisotopic (exact) mass is 235 g/mol. The van der Waals surface area contributed by atoms with Crippen LogP contribution in [0.5, 0.6) is 0 Å². The molecule has 1 saturated carbocycles. The van der Waals surface area contributed by atoms with Crippen molar-refractivity contribution in [3.63, 3.8) is 0 Å². The van der Waals surface area contributed by atoms with Crippen molar-refractivity contribution >= 4 is 0 Å². The largest absolute Gasteiger partial charge is 0.330 e. The Morgan fingerprint density at radius 1 is 1.53 bits per heavy atom. The summed E-state index contributed by atoms with van der Waals surface area (Å²) in [5.41, 5.74) is 7.74. The maximum Gasteiger partial charge on any atom is 0.0951 e. The molecule has 0 spiro atoms. The van der Waals surface area contributed by atoms with Gasteiger partial charge in [-0.2, -0.15) is 0 Å². The van der Waals surface area contributed by atoms with Gasteiger partial charge in [-0.05, 0) is 24.7 Å². The van der Waals surface area contributed by atoms with Crippen molar-refractivity contribution in [3.8, 4) is 0 Å². The van der Waals surface area contributed by atoms with Crippen LogP contribution in [0.3, 0.4) is 0 Å². The van der Waals surface area contributed by atoms with Crippen LogP contribution in [-0.4, -0.2) is 9.55 Å². The molecule has 1 aliphatic carbocycles. The SMILES string of the molecule is CC[C@@H](N)c1cncn1C1CCCCC1(C)C. The van der Waals surface area contributed by atoms with Crippen LogP contribution in [0.25, 0.3) is 0 Å². The van der Waals surface area contributed by atoms with E-state index in [4.69, 9.17) is 5.73 Å². The molecule has 1 unspecified atom stereocenters. The highest BCUT2D eigenvalue weighted by Gasteiger charge is 2.34. The van der Waals surface area contributed by atoms with Gasteiger partial charge in [0.05, 0.1) is 12.0 Å². The van der Waals surface area contributed by atoms with Crippen molar-refractivity contribution in [1.29, 1.82) is 0 Å². The van der Waals surface area contributed by atoms with Crippen LogP contribution in [0.2, 0.25) is 0 Å². The second-order valence-electron chi connectivity index (χ2n) is 5.99. The second-order valence-corrected chi connectivity index (χ2v) is 5.99. The third-order valence-electron chi connectivity index (χ3n) is 4.30. The molecule has 0 bridgehead atoms. The van der Waals surface area contributed by atoms with Gasteiger partial charge in [0.2, 0.25) is 0 Å². The molecule has 2 atom stereocenters. The molecule has 3 heteroatoms. The first-order valence-electron chi connectivity index (χ1n) is 6.83. The Morgan fingerprint density at radius 2 is 2.29 bits per heavy atom.